The zero-order valence-corrected chi connectivity index (χ0v) is 13.3. The van der Waals surface area contributed by atoms with Crippen LogP contribution in [0.3, 0.4) is 0 Å². The van der Waals surface area contributed by atoms with Gasteiger partial charge >= 0.3 is 0 Å². The molecule has 19 heavy (non-hydrogen) atoms. The molecule has 5 nitrogen and oxygen atoms in total. The van der Waals surface area contributed by atoms with E-state index >= 15 is 0 Å². The van der Waals surface area contributed by atoms with Crippen LogP contribution in [0.1, 0.15) is 45.3 Å². The molecule has 0 radical (unpaired) electrons. The molecule has 0 saturated carbocycles. The van der Waals surface area contributed by atoms with Crippen molar-refractivity contribution in [1.82, 2.24) is 20.1 Å². The minimum Gasteiger partial charge on any atom is -0.302 e. The predicted molar refractivity (Wildman–Crippen MR) is 80.0 cm³/mol. The van der Waals surface area contributed by atoms with Crippen LogP contribution in [-0.2, 0) is 6.54 Å². The van der Waals surface area contributed by atoms with Gasteiger partial charge in [0.15, 0.2) is 0 Å². The number of nitrogens with one attached hydrogen (secondary N) is 1. The average Bonchev–Trinajstić information content (AvgIpc) is 2.72. The lowest BCUT2D eigenvalue weighted by Gasteiger charge is -2.42. The average molecular weight is 288 g/mol. The van der Waals surface area contributed by atoms with Crippen LogP contribution in [-0.4, -0.2) is 34.3 Å². The van der Waals surface area contributed by atoms with Crippen molar-refractivity contribution < 1.29 is 0 Å². The summed E-state index contributed by atoms with van der Waals surface area (Å²) in [5.74, 6) is 5.82. The van der Waals surface area contributed by atoms with E-state index in [9.17, 15) is 0 Å². The molecule has 3 N–H and O–H groups in total. The normalized spacial score (nSPS) is 16.6. The highest BCUT2D eigenvalue weighted by Gasteiger charge is 2.38. The molecule has 0 fully saturated rings. The number of likely N-dealkylation sites (N-methyl/N-ethyl adjacent to an activating group) is 1. The van der Waals surface area contributed by atoms with Crippen LogP contribution in [0.4, 0.5) is 0 Å². The van der Waals surface area contributed by atoms with Gasteiger partial charge in [0.2, 0.25) is 0 Å². The Kier molecular flexibility index (Phi) is 5.80. The molecule has 6 heteroatoms. The Hall–Kier alpha value is -0.620. The zero-order valence-electron chi connectivity index (χ0n) is 12.6. The van der Waals surface area contributed by atoms with Crippen LogP contribution in [0, 0.1) is 0 Å². The minimum atomic E-state index is -0.135. The van der Waals surface area contributed by atoms with E-state index in [0.717, 1.165) is 25.1 Å². The lowest BCUT2D eigenvalue weighted by molar-refractivity contribution is 0.108. The van der Waals surface area contributed by atoms with Gasteiger partial charge in [-0.15, -0.1) is 0 Å². The summed E-state index contributed by atoms with van der Waals surface area (Å²) >= 11 is 6.32. The molecule has 1 heterocycles. The van der Waals surface area contributed by atoms with E-state index in [4.69, 9.17) is 17.4 Å². The molecule has 0 aliphatic rings. The van der Waals surface area contributed by atoms with E-state index in [-0.39, 0.29) is 11.6 Å². The number of nitrogens with two attached hydrogens (primary N) is 1. The maximum Gasteiger partial charge on any atom is 0.0835 e. The number of aryl methyl sites for hydroxylation is 1. The van der Waals surface area contributed by atoms with Gasteiger partial charge in [0.25, 0.3) is 0 Å². The summed E-state index contributed by atoms with van der Waals surface area (Å²) in [5, 5.41) is 5.02. The highest BCUT2D eigenvalue weighted by molar-refractivity contribution is 6.31. The van der Waals surface area contributed by atoms with Gasteiger partial charge in [-0.2, -0.15) is 5.10 Å². The highest BCUT2D eigenvalue weighted by atomic mass is 35.5. The summed E-state index contributed by atoms with van der Waals surface area (Å²) in [5.41, 5.74) is 3.76. The van der Waals surface area contributed by atoms with Crippen LogP contribution in [0.25, 0.3) is 0 Å². The quantitative estimate of drug-likeness (QED) is 0.596. The summed E-state index contributed by atoms with van der Waals surface area (Å²) in [6.45, 7) is 7.29. The first-order chi connectivity index (χ1) is 8.92. The molecule has 2 atom stereocenters. The molecule has 1 aromatic heterocycles. The smallest absolute Gasteiger partial charge is 0.0835 e. The second-order valence-electron chi connectivity index (χ2n) is 5.31. The Morgan fingerprint density at radius 3 is 2.58 bits per heavy atom. The Balaban J connectivity index is 3.26. The summed E-state index contributed by atoms with van der Waals surface area (Å²) in [4.78, 5) is 2.18. The number of aromatic nitrogens is 2. The van der Waals surface area contributed by atoms with Crippen LogP contribution in [0.15, 0.2) is 6.20 Å². The van der Waals surface area contributed by atoms with Gasteiger partial charge in [0, 0.05) is 12.1 Å². The maximum atomic E-state index is 6.32. The fourth-order valence-electron chi connectivity index (χ4n) is 2.38. The fraction of sp³-hybridized carbons (Fsp3) is 0.769. The van der Waals surface area contributed by atoms with E-state index in [0.29, 0.717) is 5.02 Å². The van der Waals surface area contributed by atoms with E-state index in [2.05, 4.69) is 50.3 Å². The number of hydrazine groups is 1. The largest absolute Gasteiger partial charge is 0.302 e. The topological polar surface area (TPSA) is 59.1 Å². The molecule has 2 unspecified atom stereocenters. The third-order valence-electron chi connectivity index (χ3n) is 4.07. The molecular formula is C13H26ClN5. The molecule has 1 rings (SSSR count). The van der Waals surface area contributed by atoms with E-state index in [1.807, 2.05) is 4.68 Å². The molecule has 0 saturated heterocycles. The van der Waals surface area contributed by atoms with E-state index in [1.54, 1.807) is 6.20 Å². The molecule has 0 aromatic carbocycles. The summed E-state index contributed by atoms with van der Waals surface area (Å²) < 4.78 is 1.95. The SMILES string of the molecule is CCCn1ncc(Cl)c1C(NN)C(C)(CC)N(C)C. The minimum absolute atomic E-state index is 0.0750. The summed E-state index contributed by atoms with van der Waals surface area (Å²) in [6.07, 6.45) is 3.65. The third kappa shape index (κ3) is 3.11. The molecule has 0 aliphatic heterocycles. The molecule has 0 spiro atoms. The second kappa shape index (κ2) is 6.70. The van der Waals surface area contributed by atoms with Crippen molar-refractivity contribution in [2.45, 2.75) is 51.7 Å². The monoisotopic (exact) mass is 287 g/mol. The van der Waals surface area contributed by atoms with Crippen molar-refractivity contribution in [1.29, 1.82) is 0 Å². The molecule has 0 amide bonds. The standard InChI is InChI=1S/C13H26ClN5/c1-6-8-19-11(10(14)9-16-19)12(17-15)13(3,7-2)18(4)5/h9,12,17H,6-8,15H2,1-5H3. The van der Waals surface area contributed by atoms with Crippen molar-refractivity contribution in [3.63, 3.8) is 0 Å². The number of hydrogen-bond donors (Lipinski definition) is 2. The molecule has 0 bridgehead atoms. The molecule has 0 aliphatic carbocycles. The third-order valence-corrected chi connectivity index (χ3v) is 4.36. The number of rotatable bonds is 7. The molecule has 1 aromatic rings. The summed E-state index contributed by atoms with van der Waals surface area (Å²) in [7, 11) is 4.12. The maximum absolute atomic E-state index is 6.32. The van der Waals surface area contributed by atoms with Crippen molar-refractivity contribution in [2.75, 3.05) is 14.1 Å². The first-order valence-corrected chi connectivity index (χ1v) is 7.14. The van der Waals surface area contributed by atoms with Crippen LogP contribution >= 0.6 is 11.6 Å². The van der Waals surface area contributed by atoms with Gasteiger partial charge < -0.3 is 4.90 Å². The Labute approximate surface area is 121 Å². The highest BCUT2D eigenvalue weighted by Crippen LogP contribution is 2.35. The number of halogens is 1. The number of hydrogen-bond acceptors (Lipinski definition) is 4. The molecule has 110 valence electrons. The predicted octanol–water partition coefficient (Wildman–Crippen LogP) is 2.18. The van der Waals surface area contributed by atoms with Gasteiger partial charge in [0.1, 0.15) is 0 Å². The van der Waals surface area contributed by atoms with Crippen LogP contribution < -0.4 is 11.3 Å². The van der Waals surface area contributed by atoms with Gasteiger partial charge in [-0.1, -0.05) is 25.4 Å². The molecular weight excluding hydrogens is 262 g/mol. The summed E-state index contributed by atoms with van der Waals surface area (Å²) in [6, 6.07) is -0.0750. The van der Waals surface area contributed by atoms with Crippen molar-refractivity contribution >= 4 is 11.6 Å². The van der Waals surface area contributed by atoms with Crippen molar-refractivity contribution in [3.8, 4) is 0 Å². The lowest BCUT2D eigenvalue weighted by atomic mass is 9.86. The number of nitrogens with zero attached hydrogens (tertiary/aromatic N) is 3. The fourth-order valence-corrected chi connectivity index (χ4v) is 2.63. The second-order valence-corrected chi connectivity index (χ2v) is 5.71. The lowest BCUT2D eigenvalue weighted by Crippen LogP contribution is -2.53. The zero-order chi connectivity index (χ0) is 14.6. The van der Waals surface area contributed by atoms with Gasteiger partial charge in [-0.05, 0) is 33.9 Å². The first-order valence-electron chi connectivity index (χ1n) is 6.77. The van der Waals surface area contributed by atoms with Crippen molar-refractivity contribution in [2.24, 2.45) is 5.84 Å². The van der Waals surface area contributed by atoms with Crippen LogP contribution in [0.5, 0.6) is 0 Å². The Morgan fingerprint density at radius 2 is 2.16 bits per heavy atom. The Bertz CT molecular complexity index is 404. The van der Waals surface area contributed by atoms with Gasteiger partial charge in [-0.25, -0.2) is 5.43 Å². The van der Waals surface area contributed by atoms with E-state index in [1.165, 1.54) is 0 Å². The van der Waals surface area contributed by atoms with Gasteiger partial charge in [0.05, 0.1) is 23.0 Å². The van der Waals surface area contributed by atoms with Gasteiger partial charge in [-0.3, -0.25) is 10.5 Å². The Morgan fingerprint density at radius 1 is 1.53 bits per heavy atom. The van der Waals surface area contributed by atoms with E-state index < -0.39 is 0 Å². The van der Waals surface area contributed by atoms with Crippen LogP contribution in [0.2, 0.25) is 5.02 Å². The first kappa shape index (κ1) is 16.4. The van der Waals surface area contributed by atoms with Crippen molar-refractivity contribution in [3.05, 3.63) is 16.9 Å².